The Morgan fingerprint density at radius 1 is 1.05 bits per heavy atom. The molecular formula is C16H18N4O. The van der Waals surface area contributed by atoms with Gasteiger partial charge in [-0.25, -0.2) is 0 Å². The van der Waals surface area contributed by atoms with Crippen molar-refractivity contribution in [2.75, 3.05) is 18.4 Å². The van der Waals surface area contributed by atoms with Crippen molar-refractivity contribution in [2.24, 2.45) is 0 Å². The molecule has 3 aromatic rings. The summed E-state index contributed by atoms with van der Waals surface area (Å²) >= 11 is 0. The molecule has 2 heterocycles. The fraction of sp³-hybridized carbons (Fsp3) is 0.250. The van der Waals surface area contributed by atoms with E-state index in [1.807, 2.05) is 36.5 Å². The topological polar surface area (TPSA) is 63.0 Å². The third-order valence-corrected chi connectivity index (χ3v) is 3.15. The van der Waals surface area contributed by atoms with Gasteiger partial charge in [-0.15, -0.1) is 0 Å². The molecule has 0 unspecified atom stereocenters. The van der Waals surface area contributed by atoms with Gasteiger partial charge in [-0.3, -0.25) is 4.98 Å². The van der Waals surface area contributed by atoms with Gasteiger partial charge in [-0.2, -0.15) is 4.98 Å². The summed E-state index contributed by atoms with van der Waals surface area (Å²) in [6.07, 6.45) is 4.66. The lowest BCUT2D eigenvalue weighted by atomic mass is 10.3. The van der Waals surface area contributed by atoms with E-state index < -0.39 is 0 Å². The first-order valence-electron chi connectivity index (χ1n) is 7.11. The average molecular weight is 282 g/mol. The Morgan fingerprint density at radius 3 is 2.86 bits per heavy atom. The molecule has 108 valence electrons. The average Bonchev–Trinajstić information content (AvgIpc) is 2.94. The number of benzene rings is 1. The lowest BCUT2D eigenvalue weighted by molar-refractivity contribution is 0.605. The Hall–Kier alpha value is -2.40. The van der Waals surface area contributed by atoms with Crippen LogP contribution in [0.2, 0.25) is 0 Å². The van der Waals surface area contributed by atoms with E-state index in [4.69, 9.17) is 4.42 Å². The van der Waals surface area contributed by atoms with Crippen LogP contribution in [0, 0.1) is 0 Å². The van der Waals surface area contributed by atoms with Gasteiger partial charge in [0.15, 0.2) is 5.58 Å². The normalized spacial score (nSPS) is 10.9. The van der Waals surface area contributed by atoms with Crippen molar-refractivity contribution in [2.45, 2.75) is 13.0 Å². The smallest absolute Gasteiger partial charge is 0.295 e. The third kappa shape index (κ3) is 3.79. The number of nitrogens with one attached hydrogen (secondary N) is 2. The minimum atomic E-state index is 0.587. The van der Waals surface area contributed by atoms with Gasteiger partial charge in [0.1, 0.15) is 5.52 Å². The van der Waals surface area contributed by atoms with Gasteiger partial charge in [0.25, 0.3) is 6.01 Å². The molecule has 0 saturated carbocycles. The maximum atomic E-state index is 5.59. The number of anilines is 1. The summed E-state index contributed by atoms with van der Waals surface area (Å²) in [5, 5.41) is 6.59. The van der Waals surface area contributed by atoms with Crippen molar-refractivity contribution < 1.29 is 4.42 Å². The molecule has 21 heavy (non-hydrogen) atoms. The predicted octanol–water partition coefficient (Wildman–Crippen LogP) is 2.81. The van der Waals surface area contributed by atoms with E-state index in [1.54, 1.807) is 6.20 Å². The van der Waals surface area contributed by atoms with E-state index in [0.717, 1.165) is 37.2 Å². The number of para-hydroxylation sites is 2. The number of rotatable bonds is 7. The molecule has 0 aliphatic rings. The molecule has 0 aliphatic carbocycles. The molecule has 5 heteroatoms. The van der Waals surface area contributed by atoms with Gasteiger partial charge in [-0.1, -0.05) is 18.2 Å². The number of hydrogen-bond donors (Lipinski definition) is 2. The molecule has 0 atom stereocenters. The predicted molar refractivity (Wildman–Crippen MR) is 83.1 cm³/mol. The van der Waals surface area contributed by atoms with Crippen molar-refractivity contribution in [3.8, 4) is 0 Å². The second kappa shape index (κ2) is 6.85. The van der Waals surface area contributed by atoms with Crippen molar-refractivity contribution in [1.82, 2.24) is 15.3 Å². The van der Waals surface area contributed by atoms with Gasteiger partial charge in [0.2, 0.25) is 0 Å². The van der Waals surface area contributed by atoms with E-state index >= 15 is 0 Å². The van der Waals surface area contributed by atoms with E-state index in [9.17, 15) is 0 Å². The summed E-state index contributed by atoms with van der Waals surface area (Å²) in [5.74, 6) is 0. The maximum absolute atomic E-state index is 5.59. The zero-order chi connectivity index (χ0) is 14.3. The first kappa shape index (κ1) is 13.6. The van der Waals surface area contributed by atoms with Crippen molar-refractivity contribution in [3.63, 3.8) is 0 Å². The summed E-state index contributed by atoms with van der Waals surface area (Å²) in [6.45, 7) is 2.60. The number of oxazole rings is 1. The number of hydrogen-bond acceptors (Lipinski definition) is 5. The Kier molecular flexibility index (Phi) is 4.43. The van der Waals surface area contributed by atoms with Crippen LogP contribution in [0.1, 0.15) is 12.0 Å². The highest BCUT2D eigenvalue weighted by Crippen LogP contribution is 2.17. The van der Waals surface area contributed by atoms with Crippen LogP contribution in [-0.4, -0.2) is 23.1 Å². The number of fused-ring (bicyclic) bond motifs is 1. The lowest BCUT2D eigenvalue weighted by Gasteiger charge is -2.04. The molecule has 5 nitrogen and oxygen atoms in total. The maximum Gasteiger partial charge on any atom is 0.295 e. The van der Waals surface area contributed by atoms with Gasteiger partial charge in [0, 0.05) is 25.5 Å². The van der Waals surface area contributed by atoms with Gasteiger partial charge >= 0.3 is 0 Å². The second-order valence-electron chi connectivity index (χ2n) is 4.81. The Balaban J connectivity index is 1.36. The minimum Gasteiger partial charge on any atom is -0.424 e. The molecule has 0 saturated heterocycles. The highest BCUT2D eigenvalue weighted by Gasteiger charge is 2.03. The molecule has 1 aromatic carbocycles. The molecular weight excluding hydrogens is 264 g/mol. The minimum absolute atomic E-state index is 0.587. The van der Waals surface area contributed by atoms with Crippen molar-refractivity contribution in [3.05, 3.63) is 54.4 Å². The summed E-state index contributed by atoms with van der Waals surface area (Å²) in [4.78, 5) is 8.46. The molecule has 0 bridgehead atoms. The Labute approximate surface area is 123 Å². The lowest BCUT2D eigenvalue weighted by Crippen LogP contribution is -2.17. The van der Waals surface area contributed by atoms with Crippen LogP contribution >= 0.6 is 0 Å². The van der Waals surface area contributed by atoms with E-state index in [-0.39, 0.29) is 0 Å². The van der Waals surface area contributed by atoms with Crippen molar-refractivity contribution >= 4 is 17.1 Å². The number of pyridine rings is 1. The first-order chi connectivity index (χ1) is 10.4. The molecule has 3 rings (SSSR count). The van der Waals surface area contributed by atoms with Crippen molar-refractivity contribution in [1.29, 1.82) is 0 Å². The highest BCUT2D eigenvalue weighted by molar-refractivity contribution is 5.74. The van der Waals surface area contributed by atoms with E-state index in [2.05, 4.69) is 26.7 Å². The molecule has 2 N–H and O–H groups in total. The molecule has 0 radical (unpaired) electrons. The van der Waals surface area contributed by atoms with Crippen LogP contribution < -0.4 is 10.6 Å². The van der Waals surface area contributed by atoms with Gasteiger partial charge in [-0.05, 0) is 36.7 Å². The quantitative estimate of drug-likeness (QED) is 0.652. The first-order valence-corrected chi connectivity index (χ1v) is 7.11. The van der Waals surface area contributed by atoms with Crippen LogP contribution in [0.4, 0.5) is 6.01 Å². The van der Waals surface area contributed by atoms with Crippen LogP contribution in [0.15, 0.2) is 53.2 Å². The van der Waals surface area contributed by atoms with Crippen LogP contribution in [0.5, 0.6) is 0 Å². The van der Waals surface area contributed by atoms with Crippen LogP contribution in [0.25, 0.3) is 11.1 Å². The zero-order valence-electron chi connectivity index (χ0n) is 11.7. The summed E-state index contributed by atoms with van der Waals surface area (Å²) in [5.41, 5.74) is 2.90. The summed E-state index contributed by atoms with van der Waals surface area (Å²) in [7, 11) is 0. The number of aromatic nitrogens is 2. The largest absolute Gasteiger partial charge is 0.424 e. The number of nitrogens with zero attached hydrogens (tertiary/aromatic N) is 2. The molecule has 0 amide bonds. The van der Waals surface area contributed by atoms with E-state index in [1.165, 1.54) is 5.56 Å². The van der Waals surface area contributed by atoms with Crippen LogP contribution in [0.3, 0.4) is 0 Å². The second-order valence-corrected chi connectivity index (χ2v) is 4.81. The molecule has 2 aromatic heterocycles. The Morgan fingerprint density at radius 2 is 2.00 bits per heavy atom. The molecule has 0 spiro atoms. The standard InChI is InChI=1S/C16H18N4O/c1-2-7-15-14(6-1)20-16(21-15)19-10-4-9-18-12-13-5-3-8-17-11-13/h1-3,5-8,11,18H,4,9-10,12H2,(H,19,20). The highest BCUT2D eigenvalue weighted by atomic mass is 16.4. The van der Waals surface area contributed by atoms with Crippen LogP contribution in [-0.2, 0) is 6.54 Å². The Bertz CT molecular complexity index is 648. The van der Waals surface area contributed by atoms with Gasteiger partial charge < -0.3 is 15.1 Å². The van der Waals surface area contributed by atoms with E-state index in [0.29, 0.717) is 6.01 Å². The fourth-order valence-corrected chi connectivity index (χ4v) is 2.09. The van der Waals surface area contributed by atoms with Gasteiger partial charge in [0.05, 0.1) is 0 Å². The molecule has 0 aliphatic heterocycles. The fourth-order valence-electron chi connectivity index (χ4n) is 2.09. The summed E-state index contributed by atoms with van der Waals surface area (Å²) in [6, 6.07) is 12.4. The SMILES string of the molecule is c1cncc(CNCCCNc2nc3ccccc3o2)c1. The molecule has 0 fully saturated rings. The monoisotopic (exact) mass is 282 g/mol. The third-order valence-electron chi connectivity index (χ3n) is 3.15. The summed E-state index contributed by atoms with van der Waals surface area (Å²) < 4.78 is 5.59. The zero-order valence-corrected chi connectivity index (χ0v) is 11.7.